The first-order valence-electron chi connectivity index (χ1n) is 7.45. The van der Waals surface area contributed by atoms with Crippen LogP contribution in [0.4, 0.5) is 0 Å². The second-order valence-electron chi connectivity index (χ2n) is 5.48. The van der Waals surface area contributed by atoms with Gasteiger partial charge in [0.25, 0.3) is 5.91 Å². The van der Waals surface area contributed by atoms with Crippen LogP contribution in [0.3, 0.4) is 0 Å². The summed E-state index contributed by atoms with van der Waals surface area (Å²) in [7, 11) is 1.52. The van der Waals surface area contributed by atoms with E-state index in [-0.39, 0.29) is 17.9 Å². The fraction of sp³-hybridized carbons (Fsp3) is 0.222. The molecule has 3 rings (SSSR count). The van der Waals surface area contributed by atoms with Gasteiger partial charge < -0.3 is 19.2 Å². The van der Waals surface area contributed by atoms with Crippen LogP contribution in [0.15, 0.2) is 58.4 Å². The van der Waals surface area contributed by atoms with Gasteiger partial charge in [-0.25, -0.2) is 0 Å². The molecule has 1 aromatic heterocycles. The van der Waals surface area contributed by atoms with E-state index in [1.54, 1.807) is 36.4 Å². The first-order chi connectivity index (χ1) is 11.5. The summed E-state index contributed by atoms with van der Waals surface area (Å²) in [5, 5.41) is 10.2. The molecule has 0 saturated heterocycles. The molecule has 0 radical (unpaired) electrons. The summed E-state index contributed by atoms with van der Waals surface area (Å²) in [6, 6.07) is 9.83. The van der Waals surface area contributed by atoms with Crippen molar-refractivity contribution >= 4 is 11.7 Å². The van der Waals surface area contributed by atoms with Crippen molar-refractivity contribution in [3.63, 3.8) is 0 Å². The van der Waals surface area contributed by atoms with Crippen LogP contribution in [0.2, 0.25) is 0 Å². The number of para-hydroxylation sites is 1. The van der Waals surface area contributed by atoms with Crippen LogP contribution < -0.4 is 4.74 Å². The molecule has 24 heavy (non-hydrogen) atoms. The second kappa shape index (κ2) is 6.23. The molecular formula is C18H17NO5. The summed E-state index contributed by atoms with van der Waals surface area (Å²) < 4.78 is 10.7. The van der Waals surface area contributed by atoms with Crippen LogP contribution in [0.25, 0.3) is 0 Å². The molecule has 1 atom stereocenters. The molecule has 1 aliphatic heterocycles. The van der Waals surface area contributed by atoms with Gasteiger partial charge in [0.2, 0.25) is 0 Å². The van der Waals surface area contributed by atoms with Crippen LogP contribution in [-0.4, -0.2) is 28.8 Å². The fourth-order valence-corrected chi connectivity index (χ4v) is 2.96. The van der Waals surface area contributed by atoms with Crippen molar-refractivity contribution in [1.29, 1.82) is 0 Å². The van der Waals surface area contributed by atoms with Crippen LogP contribution in [0.1, 0.15) is 24.3 Å². The quantitative estimate of drug-likeness (QED) is 0.913. The van der Waals surface area contributed by atoms with Crippen molar-refractivity contribution in [2.24, 2.45) is 0 Å². The Bertz CT molecular complexity index is 807. The first kappa shape index (κ1) is 15.9. The van der Waals surface area contributed by atoms with Gasteiger partial charge in [-0.1, -0.05) is 18.2 Å². The van der Waals surface area contributed by atoms with Crippen molar-refractivity contribution in [2.75, 3.05) is 7.11 Å². The number of rotatable bonds is 5. The fourth-order valence-electron chi connectivity index (χ4n) is 2.96. The third kappa shape index (κ3) is 2.56. The molecule has 0 saturated carbocycles. The number of nitrogens with zero attached hydrogens (tertiary/aromatic N) is 1. The molecule has 0 fully saturated rings. The van der Waals surface area contributed by atoms with Gasteiger partial charge in [0.15, 0.2) is 11.5 Å². The Kier molecular flexibility index (Phi) is 4.12. The lowest BCUT2D eigenvalue weighted by atomic mass is 9.96. The number of methoxy groups -OCH3 is 1. The molecule has 1 amide bonds. The van der Waals surface area contributed by atoms with Crippen LogP contribution >= 0.6 is 0 Å². The van der Waals surface area contributed by atoms with E-state index in [0.29, 0.717) is 17.1 Å². The van der Waals surface area contributed by atoms with Crippen molar-refractivity contribution < 1.29 is 23.8 Å². The molecule has 1 N–H and O–H groups in total. The number of carbonyl (C=O) groups excluding carboxylic acids is 2. The van der Waals surface area contributed by atoms with Crippen molar-refractivity contribution in [2.45, 2.75) is 19.5 Å². The van der Waals surface area contributed by atoms with Crippen LogP contribution in [0.5, 0.6) is 5.75 Å². The average molecular weight is 327 g/mol. The maximum atomic E-state index is 12.5. The SMILES string of the molecule is COc1ccccc1[C@@H]1C(C(C)=O)=C(O)C(=O)N1Cc1ccco1. The Labute approximate surface area is 138 Å². The van der Waals surface area contributed by atoms with Gasteiger partial charge in [0.05, 0.1) is 31.5 Å². The molecule has 0 spiro atoms. The number of aliphatic hydroxyl groups excluding tert-OH is 1. The zero-order chi connectivity index (χ0) is 17.3. The topological polar surface area (TPSA) is 80.0 Å². The normalized spacial score (nSPS) is 17.5. The second-order valence-corrected chi connectivity index (χ2v) is 5.48. The molecule has 6 heteroatoms. The molecule has 0 bridgehead atoms. The predicted molar refractivity (Wildman–Crippen MR) is 85.3 cm³/mol. The van der Waals surface area contributed by atoms with Crippen LogP contribution in [-0.2, 0) is 16.1 Å². The summed E-state index contributed by atoms with van der Waals surface area (Å²) >= 11 is 0. The Morgan fingerprint density at radius 2 is 2.04 bits per heavy atom. The smallest absolute Gasteiger partial charge is 0.290 e. The molecule has 0 unspecified atom stereocenters. The molecular weight excluding hydrogens is 310 g/mol. The highest BCUT2D eigenvalue weighted by molar-refractivity contribution is 6.08. The Balaban J connectivity index is 2.11. The van der Waals surface area contributed by atoms with Crippen molar-refractivity contribution in [1.82, 2.24) is 4.90 Å². The Morgan fingerprint density at radius 3 is 2.67 bits per heavy atom. The summed E-state index contributed by atoms with van der Waals surface area (Å²) in [5.74, 6) is -0.398. The van der Waals surface area contributed by atoms with Gasteiger partial charge in [0.1, 0.15) is 11.5 Å². The number of ether oxygens (including phenoxy) is 1. The number of hydrogen-bond donors (Lipinski definition) is 1. The summed E-state index contributed by atoms with van der Waals surface area (Å²) in [5.41, 5.74) is 0.699. The third-order valence-corrected chi connectivity index (χ3v) is 4.02. The highest BCUT2D eigenvalue weighted by Gasteiger charge is 2.43. The predicted octanol–water partition coefficient (Wildman–Crippen LogP) is 2.77. The number of amides is 1. The third-order valence-electron chi connectivity index (χ3n) is 4.02. The standard InChI is InChI=1S/C18H17NO5/c1-11(20)15-16(13-7-3-4-8-14(13)23-2)19(18(22)17(15)21)10-12-6-5-9-24-12/h3-9,16,21H,10H2,1-2H3/t16-/m1/s1. The van der Waals surface area contributed by atoms with E-state index < -0.39 is 17.7 Å². The largest absolute Gasteiger partial charge is 0.503 e. The van der Waals surface area contributed by atoms with E-state index in [2.05, 4.69) is 0 Å². The lowest BCUT2D eigenvalue weighted by Gasteiger charge is -2.26. The summed E-state index contributed by atoms with van der Waals surface area (Å²) in [6.07, 6.45) is 1.51. The number of benzene rings is 1. The van der Waals surface area contributed by atoms with Gasteiger partial charge in [0, 0.05) is 5.56 Å². The van der Waals surface area contributed by atoms with E-state index in [1.165, 1.54) is 25.2 Å². The number of hydrogen-bond acceptors (Lipinski definition) is 5. The lowest BCUT2D eigenvalue weighted by Crippen LogP contribution is -2.30. The Morgan fingerprint density at radius 1 is 1.29 bits per heavy atom. The molecule has 6 nitrogen and oxygen atoms in total. The van der Waals surface area contributed by atoms with Gasteiger partial charge in [-0.3, -0.25) is 9.59 Å². The lowest BCUT2D eigenvalue weighted by molar-refractivity contribution is -0.130. The number of aliphatic hydroxyl groups is 1. The number of ketones is 1. The van der Waals surface area contributed by atoms with Crippen molar-refractivity contribution in [3.8, 4) is 5.75 Å². The van der Waals surface area contributed by atoms with Crippen molar-refractivity contribution in [3.05, 3.63) is 65.3 Å². The highest BCUT2D eigenvalue weighted by Crippen LogP contribution is 2.41. The molecule has 0 aliphatic carbocycles. The summed E-state index contributed by atoms with van der Waals surface area (Å²) in [4.78, 5) is 26.0. The first-order valence-corrected chi connectivity index (χ1v) is 7.45. The van der Waals surface area contributed by atoms with Gasteiger partial charge >= 0.3 is 0 Å². The Hall–Kier alpha value is -3.02. The monoisotopic (exact) mass is 327 g/mol. The summed E-state index contributed by atoms with van der Waals surface area (Å²) in [6.45, 7) is 1.47. The van der Waals surface area contributed by atoms with E-state index >= 15 is 0 Å². The van der Waals surface area contributed by atoms with Gasteiger partial charge in [-0.2, -0.15) is 0 Å². The minimum Gasteiger partial charge on any atom is -0.503 e. The van der Waals surface area contributed by atoms with E-state index in [9.17, 15) is 14.7 Å². The zero-order valence-electron chi connectivity index (χ0n) is 13.4. The number of furan rings is 1. The number of Topliss-reactive ketones (excluding diaryl/α,β-unsaturated/α-hetero) is 1. The average Bonchev–Trinajstić information content (AvgIpc) is 3.17. The molecule has 2 aromatic rings. The zero-order valence-corrected chi connectivity index (χ0v) is 13.4. The van der Waals surface area contributed by atoms with E-state index in [1.807, 2.05) is 0 Å². The van der Waals surface area contributed by atoms with E-state index in [0.717, 1.165) is 0 Å². The molecule has 124 valence electrons. The molecule has 1 aliphatic rings. The van der Waals surface area contributed by atoms with Gasteiger partial charge in [-0.15, -0.1) is 0 Å². The maximum absolute atomic E-state index is 12.5. The van der Waals surface area contributed by atoms with Crippen LogP contribution in [0, 0.1) is 0 Å². The van der Waals surface area contributed by atoms with Gasteiger partial charge in [-0.05, 0) is 25.1 Å². The molecule has 2 heterocycles. The number of carbonyl (C=O) groups is 2. The maximum Gasteiger partial charge on any atom is 0.290 e. The minimum absolute atomic E-state index is 0.0658. The minimum atomic E-state index is -0.726. The van der Waals surface area contributed by atoms with E-state index in [4.69, 9.17) is 9.15 Å². The highest BCUT2D eigenvalue weighted by atomic mass is 16.5. The molecule has 1 aromatic carbocycles.